The summed E-state index contributed by atoms with van der Waals surface area (Å²) < 4.78 is 1.60. The number of carbonyl (C=O) groups excluding carboxylic acids is 1. The molecular weight excluding hydrogens is 204 g/mol. The number of carbonyl (C=O) groups is 1. The molecule has 0 atom stereocenters. The Kier molecular flexibility index (Phi) is 2.95. The Bertz CT molecular complexity index is 478. The fraction of sp³-hybridized carbons (Fsp3) is 0.182. The van der Waals surface area contributed by atoms with Crippen molar-refractivity contribution in [1.29, 1.82) is 0 Å². The fourth-order valence-corrected chi connectivity index (χ4v) is 1.32. The van der Waals surface area contributed by atoms with Crippen molar-refractivity contribution < 1.29 is 4.79 Å². The first kappa shape index (κ1) is 10.4. The molecule has 5 nitrogen and oxygen atoms in total. The number of aromatic nitrogens is 3. The van der Waals surface area contributed by atoms with Gasteiger partial charge in [-0.05, 0) is 12.1 Å². The second-order valence-corrected chi connectivity index (χ2v) is 3.38. The third-order valence-electron chi connectivity index (χ3n) is 2.09. The molecule has 0 radical (unpaired) electrons. The first-order chi connectivity index (χ1) is 7.75. The van der Waals surface area contributed by atoms with Gasteiger partial charge in [-0.25, -0.2) is 4.98 Å². The van der Waals surface area contributed by atoms with Crippen LogP contribution in [0.4, 0.5) is 0 Å². The van der Waals surface area contributed by atoms with Gasteiger partial charge >= 0.3 is 0 Å². The molecule has 82 valence electrons. The Hall–Kier alpha value is -2.17. The van der Waals surface area contributed by atoms with Crippen LogP contribution in [0.15, 0.2) is 36.7 Å². The topological polar surface area (TPSA) is 59.8 Å². The number of amides is 1. The minimum atomic E-state index is -0.118. The van der Waals surface area contributed by atoms with Crippen molar-refractivity contribution in [2.75, 3.05) is 0 Å². The molecule has 0 aliphatic rings. The van der Waals surface area contributed by atoms with Crippen molar-refractivity contribution in [1.82, 2.24) is 20.1 Å². The van der Waals surface area contributed by atoms with Crippen LogP contribution < -0.4 is 5.32 Å². The average Bonchev–Trinajstić information content (AvgIpc) is 2.73. The van der Waals surface area contributed by atoms with Crippen LogP contribution in [-0.2, 0) is 13.6 Å². The highest BCUT2D eigenvalue weighted by Crippen LogP contribution is 1.98. The van der Waals surface area contributed by atoms with Gasteiger partial charge in [0.15, 0.2) is 5.82 Å². The zero-order valence-electron chi connectivity index (χ0n) is 8.92. The van der Waals surface area contributed by atoms with E-state index in [1.165, 1.54) is 0 Å². The van der Waals surface area contributed by atoms with E-state index in [4.69, 9.17) is 0 Å². The largest absolute Gasteiger partial charge is 0.345 e. The Labute approximate surface area is 93.1 Å². The molecule has 2 rings (SSSR count). The molecule has 2 aromatic rings. The summed E-state index contributed by atoms with van der Waals surface area (Å²) in [4.78, 5) is 15.7. The third kappa shape index (κ3) is 2.44. The number of aryl methyl sites for hydroxylation is 1. The number of benzene rings is 1. The van der Waals surface area contributed by atoms with E-state index in [1.54, 1.807) is 30.2 Å². The summed E-state index contributed by atoms with van der Waals surface area (Å²) in [6.07, 6.45) is 1.60. The van der Waals surface area contributed by atoms with E-state index >= 15 is 0 Å². The van der Waals surface area contributed by atoms with Gasteiger partial charge in [0, 0.05) is 12.6 Å². The standard InChI is InChI=1S/C11H12N4O/c1-15-8-13-10(14-15)7-12-11(16)9-5-3-2-4-6-9/h2-6,8H,7H2,1H3,(H,12,16). The van der Waals surface area contributed by atoms with Gasteiger partial charge in [-0.1, -0.05) is 18.2 Å². The van der Waals surface area contributed by atoms with Crippen LogP contribution in [0.5, 0.6) is 0 Å². The molecule has 0 spiro atoms. The predicted molar refractivity (Wildman–Crippen MR) is 58.6 cm³/mol. The lowest BCUT2D eigenvalue weighted by Crippen LogP contribution is -2.23. The molecule has 5 heteroatoms. The Balaban J connectivity index is 1.94. The van der Waals surface area contributed by atoms with Crippen molar-refractivity contribution in [2.24, 2.45) is 7.05 Å². The molecule has 0 aliphatic carbocycles. The average molecular weight is 216 g/mol. The minimum Gasteiger partial charge on any atom is -0.345 e. The van der Waals surface area contributed by atoms with E-state index in [1.807, 2.05) is 18.2 Å². The molecule has 1 aromatic heterocycles. The van der Waals surface area contributed by atoms with Gasteiger partial charge in [-0.3, -0.25) is 9.48 Å². The van der Waals surface area contributed by atoms with Crippen LogP contribution in [-0.4, -0.2) is 20.7 Å². The number of hydrogen-bond acceptors (Lipinski definition) is 3. The van der Waals surface area contributed by atoms with E-state index in [-0.39, 0.29) is 5.91 Å². The van der Waals surface area contributed by atoms with Gasteiger partial charge in [0.2, 0.25) is 0 Å². The number of nitrogens with zero attached hydrogens (tertiary/aromatic N) is 3. The van der Waals surface area contributed by atoms with Crippen molar-refractivity contribution >= 4 is 5.91 Å². The predicted octanol–water partition coefficient (Wildman–Crippen LogP) is 0.745. The molecule has 0 aliphatic heterocycles. The molecule has 0 unspecified atom stereocenters. The lowest BCUT2D eigenvalue weighted by molar-refractivity contribution is 0.0950. The molecule has 1 N–H and O–H groups in total. The smallest absolute Gasteiger partial charge is 0.251 e. The molecule has 0 saturated heterocycles. The van der Waals surface area contributed by atoms with Gasteiger partial charge in [0.1, 0.15) is 6.33 Å². The second kappa shape index (κ2) is 4.57. The summed E-state index contributed by atoms with van der Waals surface area (Å²) in [5.74, 6) is 0.486. The maximum atomic E-state index is 11.7. The minimum absolute atomic E-state index is 0.118. The highest BCUT2D eigenvalue weighted by atomic mass is 16.1. The summed E-state index contributed by atoms with van der Waals surface area (Å²) in [5, 5.41) is 6.82. The third-order valence-corrected chi connectivity index (χ3v) is 2.09. The van der Waals surface area contributed by atoms with Crippen molar-refractivity contribution in [3.8, 4) is 0 Å². The summed E-state index contributed by atoms with van der Waals surface area (Å²) in [7, 11) is 1.79. The first-order valence-electron chi connectivity index (χ1n) is 4.93. The molecule has 0 saturated carbocycles. The molecule has 1 aromatic carbocycles. The van der Waals surface area contributed by atoms with Gasteiger partial charge < -0.3 is 5.32 Å². The van der Waals surface area contributed by atoms with Crippen LogP contribution >= 0.6 is 0 Å². The van der Waals surface area contributed by atoms with E-state index in [2.05, 4.69) is 15.4 Å². The van der Waals surface area contributed by atoms with E-state index in [0.29, 0.717) is 17.9 Å². The number of hydrogen-bond donors (Lipinski definition) is 1. The van der Waals surface area contributed by atoms with E-state index in [9.17, 15) is 4.79 Å². The monoisotopic (exact) mass is 216 g/mol. The van der Waals surface area contributed by atoms with Crippen LogP contribution in [0.3, 0.4) is 0 Å². The van der Waals surface area contributed by atoms with Crippen LogP contribution in [0.1, 0.15) is 16.2 Å². The van der Waals surface area contributed by atoms with Crippen LogP contribution in [0, 0.1) is 0 Å². The molecule has 1 heterocycles. The highest BCUT2D eigenvalue weighted by Gasteiger charge is 2.05. The summed E-state index contributed by atoms with van der Waals surface area (Å²) in [6, 6.07) is 9.06. The maximum Gasteiger partial charge on any atom is 0.251 e. The lowest BCUT2D eigenvalue weighted by Gasteiger charge is -2.01. The Morgan fingerprint density at radius 1 is 1.38 bits per heavy atom. The van der Waals surface area contributed by atoms with Crippen LogP contribution in [0.25, 0.3) is 0 Å². The van der Waals surface area contributed by atoms with Gasteiger partial charge in [-0.15, -0.1) is 0 Å². The fourth-order valence-electron chi connectivity index (χ4n) is 1.32. The zero-order chi connectivity index (χ0) is 11.4. The summed E-state index contributed by atoms with van der Waals surface area (Å²) >= 11 is 0. The first-order valence-corrected chi connectivity index (χ1v) is 4.93. The molecule has 0 bridgehead atoms. The SMILES string of the molecule is Cn1cnc(CNC(=O)c2ccccc2)n1. The van der Waals surface area contributed by atoms with E-state index < -0.39 is 0 Å². The van der Waals surface area contributed by atoms with Gasteiger partial charge in [-0.2, -0.15) is 5.10 Å². The van der Waals surface area contributed by atoms with Crippen molar-refractivity contribution in [2.45, 2.75) is 6.54 Å². The zero-order valence-corrected chi connectivity index (χ0v) is 8.92. The second-order valence-electron chi connectivity index (χ2n) is 3.38. The number of nitrogens with one attached hydrogen (secondary N) is 1. The molecule has 16 heavy (non-hydrogen) atoms. The summed E-state index contributed by atoms with van der Waals surface area (Å²) in [5.41, 5.74) is 0.637. The Morgan fingerprint density at radius 2 is 2.12 bits per heavy atom. The normalized spacial score (nSPS) is 10.1. The number of rotatable bonds is 3. The molecular formula is C11H12N4O. The van der Waals surface area contributed by atoms with E-state index in [0.717, 1.165) is 0 Å². The summed E-state index contributed by atoms with van der Waals surface area (Å²) in [6.45, 7) is 0.342. The quantitative estimate of drug-likeness (QED) is 0.823. The van der Waals surface area contributed by atoms with Gasteiger partial charge in [0.05, 0.1) is 6.54 Å². The highest BCUT2D eigenvalue weighted by molar-refractivity contribution is 5.93. The molecule has 0 fully saturated rings. The molecule has 1 amide bonds. The van der Waals surface area contributed by atoms with Crippen molar-refractivity contribution in [3.05, 3.63) is 48.0 Å². The van der Waals surface area contributed by atoms with Gasteiger partial charge in [0.25, 0.3) is 5.91 Å². The van der Waals surface area contributed by atoms with Crippen molar-refractivity contribution in [3.63, 3.8) is 0 Å². The Morgan fingerprint density at radius 3 is 2.75 bits per heavy atom. The maximum absolute atomic E-state index is 11.7. The lowest BCUT2D eigenvalue weighted by atomic mass is 10.2. The van der Waals surface area contributed by atoms with Crippen LogP contribution in [0.2, 0.25) is 0 Å².